The largest absolute Gasteiger partial charge is 0.393 e. The van der Waals surface area contributed by atoms with Crippen molar-refractivity contribution in [2.45, 2.75) is 56.3 Å². The second-order valence-electron chi connectivity index (χ2n) is 8.77. The Bertz CT molecular complexity index is 984. The molecule has 1 aliphatic carbocycles. The van der Waals surface area contributed by atoms with E-state index in [1.54, 1.807) is 0 Å². The highest BCUT2D eigenvalue weighted by Gasteiger charge is 2.54. The van der Waals surface area contributed by atoms with Gasteiger partial charge in [0.1, 0.15) is 23.9 Å². The highest BCUT2D eigenvalue weighted by molar-refractivity contribution is 5.16. The minimum Gasteiger partial charge on any atom is -0.393 e. The lowest BCUT2D eigenvalue weighted by molar-refractivity contribution is -0.269. The molecule has 6 nitrogen and oxygen atoms in total. The maximum absolute atomic E-state index is 11.3. The zero-order chi connectivity index (χ0) is 23.8. The van der Waals surface area contributed by atoms with Gasteiger partial charge in [0.25, 0.3) is 0 Å². The van der Waals surface area contributed by atoms with Crippen LogP contribution in [0.25, 0.3) is 0 Å². The fourth-order valence-electron chi connectivity index (χ4n) is 4.38. The molecule has 0 radical (unpaired) electrons. The van der Waals surface area contributed by atoms with Gasteiger partial charge in [-0.15, -0.1) is 0 Å². The Morgan fingerprint density at radius 2 is 1.06 bits per heavy atom. The van der Waals surface area contributed by atoms with E-state index in [-0.39, 0.29) is 26.2 Å². The summed E-state index contributed by atoms with van der Waals surface area (Å²) in [6.45, 7) is 0.174. The average molecular weight is 465 g/mol. The van der Waals surface area contributed by atoms with Gasteiger partial charge in [-0.1, -0.05) is 91.0 Å². The zero-order valence-electron chi connectivity index (χ0n) is 19.1. The van der Waals surface area contributed by atoms with E-state index in [4.69, 9.17) is 14.2 Å². The molecule has 180 valence electrons. The van der Waals surface area contributed by atoms with Crippen LogP contribution in [0.5, 0.6) is 0 Å². The maximum Gasteiger partial charge on any atom is 0.119 e. The summed E-state index contributed by atoms with van der Waals surface area (Å²) in [4.78, 5) is 0. The van der Waals surface area contributed by atoms with Gasteiger partial charge in [0, 0.05) is 6.42 Å². The minimum absolute atomic E-state index is 0.0897. The van der Waals surface area contributed by atoms with Crippen molar-refractivity contribution in [3.63, 3.8) is 0 Å². The van der Waals surface area contributed by atoms with Gasteiger partial charge in [0.15, 0.2) is 0 Å². The van der Waals surface area contributed by atoms with Crippen LogP contribution in [0.1, 0.15) is 23.1 Å². The van der Waals surface area contributed by atoms with Crippen LogP contribution in [0.2, 0.25) is 0 Å². The second kappa shape index (κ2) is 11.7. The molecule has 4 rings (SSSR count). The van der Waals surface area contributed by atoms with E-state index in [9.17, 15) is 15.3 Å². The van der Waals surface area contributed by atoms with Crippen molar-refractivity contribution in [3.05, 3.63) is 108 Å². The molecule has 3 aromatic carbocycles. The van der Waals surface area contributed by atoms with E-state index in [0.29, 0.717) is 0 Å². The van der Waals surface area contributed by atoms with Crippen LogP contribution in [-0.2, 0) is 34.0 Å². The van der Waals surface area contributed by atoms with Gasteiger partial charge in [-0.25, -0.2) is 0 Å². The Morgan fingerprint density at radius 3 is 1.50 bits per heavy atom. The maximum atomic E-state index is 11.3. The molecular formula is C28H32O6. The van der Waals surface area contributed by atoms with E-state index in [1.807, 2.05) is 91.0 Å². The number of rotatable bonds is 10. The monoisotopic (exact) mass is 464 g/mol. The van der Waals surface area contributed by atoms with Crippen LogP contribution >= 0.6 is 0 Å². The third kappa shape index (κ3) is 6.10. The highest BCUT2D eigenvalue weighted by Crippen LogP contribution is 2.36. The molecule has 1 fully saturated rings. The first-order chi connectivity index (χ1) is 16.6. The van der Waals surface area contributed by atoms with Crippen LogP contribution in [0.4, 0.5) is 0 Å². The Hall–Kier alpha value is -2.58. The molecule has 5 atom stereocenters. The number of hydrogen-bond acceptors (Lipinski definition) is 6. The molecule has 3 N–H and O–H groups in total. The van der Waals surface area contributed by atoms with Crippen molar-refractivity contribution in [3.8, 4) is 0 Å². The normalized spacial score (nSPS) is 26.9. The third-order valence-electron chi connectivity index (χ3n) is 6.21. The molecule has 0 aliphatic heterocycles. The van der Waals surface area contributed by atoms with E-state index < -0.39 is 36.6 Å². The predicted octanol–water partition coefficient (Wildman–Crippen LogP) is 3.23. The Kier molecular flexibility index (Phi) is 8.45. The summed E-state index contributed by atoms with van der Waals surface area (Å²) in [5.41, 5.74) is 1.15. The lowest BCUT2D eigenvalue weighted by atomic mass is 9.77. The number of benzene rings is 3. The van der Waals surface area contributed by atoms with Gasteiger partial charge >= 0.3 is 0 Å². The second-order valence-corrected chi connectivity index (χ2v) is 8.77. The lowest BCUT2D eigenvalue weighted by Crippen LogP contribution is -2.66. The van der Waals surface area contributed by atoms with Gasteiger partial charge in [0.05, 0.1) is 32.5 Å². The molecule has 34 heavy (non-hydrogen) atoms. The van der Waals surface area contributed by atoms with Crippen LogP contribution in [0.3, 0.4) is 0 Å². The standard InChI is InChI=1S/C28H32O6/c29-20-28(31)16-24(30)25(32-17-21-10-4-1-5-11-21)26(33-18-22-12-6-2-7-13-22)27(28)34-19-23-14-8-3-9-15-23/h1-15,24-27,29-31H,16-20H2/t24-,25-,26+,27-,28-/m0/s1. The van der Waals surface area contributed by atoms with E-state index in [1.165, 1.54) is 0 Å². The topological polar surface area (TPSA) is 88.4 Å². The number of aliphatic hydroxyl groups is 3. The smallest absolute Gasteiger partial charge is 0.119 e. The summed E-state index contributed by atoms with van der Waals surface area (Å²) in [6.07, 6.45) is -3.61. The molecule has 0 aromatic heterocycles. The summed E-state index contributed by atoms with van der Waals surface area (Å²) >= 11 is 0. The van der Waals surface area contributed by atoms with Crippen LogP contribution in [0.15, 0.2) is 91.0 Å². The quantitative estimate of drug-likeness (QED) is 0.427. The Labute approximate surface area is 200 Å². The fourth-order valence-corrected chi connectivity index (χ4v) is 4.38. The number of ether oxygens (including phenoxy) is 3. The Morgan fingerprint density at radius 1 is 0.647 bits per heavy atom. The first-order valence-electron chi connectivity index (χ1n) is 11.6. The molecule has 0 spiro atoms. The van der Waals surface area contributed by atoms with Crippen LogP contribution in [0, 0.1) is 0 Å². The molecule has 0 amide bonds. The average Bonchev–Trinajstić information content (AvgIpc) is 2.88. The molecule has 0 heterocycles. The van der Waals surface area contributed by atoms with E-state index >= 15 is 0 Å². The third-order valence-corrected chi connectivity index (χ3v) is 6.21. The summed E-state index contributed by atoms with van der Waals surface area (Å²) in [5, 5.41) is 32.3. The van der Waals surface area contributed by atoms with Gasteiger partial charge < -0.3 is 29.5 Å². The summed E-state index contributed by atoms with van der Waals surface area (Å²) in [6, 6.07) is 28.9. The molecule has 0 unspecified atom stereocenters. The summed E-state index contributed by atoms with van der Waals surface area (Å²) in [5.74, 6) is 0. The fraction of sp³-hybridized carbons (Fsp3) is 0.357. The van der Waals surface area contributed by atoms with Crippen molar-refractivity contribution < 1.29 is 29.5 Å². The van der Waals surface area contributed by atoms with E-state index in [0.717, 1.165) is 16.7 Å². The highest BCUT2D eigenvalue weighted by atomic mass is 16.6. The van der Waals surface area contributed by atoms with Crippen molar-refractivity contribution in [1.82, 2.24) is 0 Å². The van der Waals surface area contributed by atoms with Gasteiger partial charge in [-0.3, -0.25) is 0 Å². The number of aliphatic hydroxyl groups excluding tert-OH is 2. The van der Waals surface area contributed by atoms with Crippen molar-refractivity contribution in [2.24, 2.45) is 0 Å². The van der Waals surface area contributed by atoms with Crippen molar-refractivity contribution >= 4 is 0 Å². The van der Waals surface area contributed by atoms with Crippen LogP contribution in [-0.4, -0.2) is 51.9 Å². The van der Waals surface area contributed by atoms with Crippen LogP contribution < -0.4 is 0 Å². The van der Waals surface area contributed by atoms with Crippen molar-refractivity contribution in [2.75, 3.05) is 6.61 Å². The van der Waals surface area contributed by atoms with Gasteiger partial charge in [-0.2, -0.15) is 0 Å². The molecule has 1 saturated carbocycles. The molecule has 0 bridgehead atoms. The molecule has 0 saturated heterocycles. The lowest BCUT2D eigenvalue weighted by Gasteiger charge is -2.48. The first-order valence-corrected chi connectivity index (χ1v) is 11.6. The number of hydrogen-bond donors (Lipinski definition) is 3. The van der Waals surface area contributed by atoms with E-state index in [2.05, 4.69) is 0 Å². The zero-order valence-corrected chi connectivity index (χ0v) is 19.1. The summed E-state index contributed by atoms with van der Waals surface area (Å²) < 4.78 is 18.6. The first kappa shape index (κ1) is 24.5. The van der Waals surface area contributed by atoms with Gasteiger partial charge in [0.2, 0.25) is 0 Å². The Balaban J connectivity index is 1.58. The molecule has 6 heteroatoms. The molecule has 3 aromatic rings. The van der Waals surface area contributed by atoms with Gasteiger partial charge in [-0.05, 0) is 16.7 Å². The molecular weight excluding hydrogens is 432 g/mol. The SMILES string of the molecule is OC[C@@]1(O)C[C@H](O)[C@H](OCc2ccccc2)[C@@H](OCc2ccccc2)[C@@H]1OCc1ccccc1. The van der Waals surface area contributed by atoms with Crippen molar-refractivity contribution in [1.29, 1.82) is 0 Å². The summed E-state index contributed by atoms with van der Waals surface area (Å²) in [7, 11) is 0. The minimum atomic E-state index is -1.68. The molecule has 1 aliphatic rings. The predicted molar refractivity (Wildman–Crippen MR) is 128 cm³/mol.